The number of allylic oxidation sites excluding steroid dienone is 1. The molecular weight excluding hydrogens is 134 g/mol. The van der Waals surface area contributed by atoms with Crippen LogP contribution in [-0.2, 0) is 9.59 Å². The first kappa shape index (κ1) is 8.68. The molecule has 0 rings (SSSR count). The Labute approximate surface area is 58.5 Å². The number of hydrogen-bond donors (Lipinski definition) is 2. The van der Waals surface area contributed by atoms with Crippen molar-refractivity contribution in [3.63, 3.8) is 0 Å². The van der Waals surface area contributed by atoms with Crippen molar-refractivity contribution in [1.29, 1.82) is 0 Å². The molecule has 1 amide bonds. The van der Waals surface area contributed by atoms with Crippen LogP contribution in [0.4, 0.5) is 0 Å². The van der Waals surface area contributed by atoms with E-state index < -0.39 is 11.7 Å². The number of nitrogens with one attached hydrogen (secondary N) is 1. The Morgan fingerprint density at radius 3 is 2.40 bits per heavy atom. The second kappa shape index (κ2) is 3.66. The van der Waals surface area contributed by atoms with Crippen LogP contribution in [0.1, 0.15) is 6.92 Å². The van der Waals surface area contributed by atoms with Gasteiger partial charge in [-0.05, 0) is 6.92 Å². The van der Waals surface area contributed by atoms with Gasteiger partial charge in [-0.15, -0.1) is 0 Å². The maximum atomic E-state index is 10.6. The van der Waals surface area contributed by atoms with Crippen LogP contribution < -0.4 is 5.32 Å². The highest BCUT2D eigenvalue weighted by atomic mass is 16.3. The van der Waals surface area contributed by atoms with Crippen molar-refractivity contribution in [3.8, 4) is 0 Å². The Balaban J connectivity index is 4.45. The van der Waals surface area contributed by atoms with E-state index in [0.29, 0.717) is 0 Å². The standard InChI is InChI=1S/C6H9NO3/c1-4(5(9)3-8)6(10)7-2/h3,9H,1-2H3,(H,7,10)/b5-4+. The van der Waals surface area contributed by atoms with Gasteiger partial charge in [0.05, 0.1) is 5.57 Å². The van der Waals surface area contributed by atoms with E-state index in [9.17, 15) is 9.59 Å². The number of carbonyl (C=O) groups is 2. The predicted molar refractivity (Wildman–Crippen MR) is 35.5 cm³/mol. The fourth-order valence-corrected chi connectivity index (χ4v) is 0.392. The normalized spacial score (nSPS) is 11.8. The Kier molecular flexibility index (Phi) is 3.17. The first-order chi connectivity index (χ1) is 4.63. The summed E-state index contributed by atoms with van der Waals surface area (Å²) in [5, 5.41) is 10.9. The molecule has 0 aliphatic heterocycles. The average molecular weight is 143 g/mol. The van der Waals surface area contributed by atoms with Crippen LogP contribution in [0.2, 0.25) is 0 Å². The van der Waals surface area contributed by atoms with Gasteiger partial charge in [0.25, 0.3) is 5.91 Å². The van der Waals surface area contributed by atoms with Gasteiger partial charge in [0, 0.05) is 7.05 Å². The van der Waals surface area contributed by atoms with Crippen LogP contribution in [0.3, 0.4) is 0 Å². The van der Waals surface area contributed by atoms with Crippen molar-refractivity contribution in [2.75, 3.05) is 7.05 Å². The van der Waals surface area contributed by atoms with Crippen molar-refractivity contribution in [1.82, 2.24) is 5.32 Å². The topological polar surface area (TPSA) is 66.4 Å². The zero-order valence-corrected chi connectivity index (χ0v) is 5.84. The third-order valence-corrected chi connectivity index (χ3v) is 1.06. The summed E-state index contributed by atoms with van der Waals surface area (Å²) >= 11 is 0. The Hall–Kier alpha value is -1.32. The second-order valence-corrected chi connectivity index (χ2v) is 1.71. The molecule has 0 aromatic carbocycles. The number of aliphatic hydroxyl groups excluding tert-OH is 1. The molecule has 2 N–H and O–H groups in total. The molecule has 10 heavy (non-hydrogen) atoms. The highest BCUT2D eigenvalue weighted by Crippen LogP contribution is 1.95. The highest BCUT2D eigenvalue weighted by molar-refractivity contribution is 5.97. The smallest absolute Gasteiger partial charge is 0.250 e. The lowest BCUT2D eigenvalue weighted by molar-refractivity contribution is -0.117. The van der Waals surface area contributed by atoms with E-state index in [-0.39, 0.29) is 11.9 Å². The third-order valence-electron chi connectivity index (χ3n) is 1.06. The number of amides is 1. The molecule has 0 heterocycles. The minimum atomic E-state index is -0.528. The predicted octanol–water partition coefficient (Wildman–Crippen LogP) is -0.237. The molecule has 0 aliphatic carbocycles. The van der Waals surface area contributed by atoms with Gasteiger partial charge in [-0.3, -0.25) is 9.59 Å². The summed E-state index contributed by atoms with van der Waals surface area (Å²) in [6.07, 6.45) is 0.227. The van der Waals surface area contributed by atoms with Gasteiger partial charge in [-0.1, -0.05) is 0 Å². The summed E-state index contributed by atoms with van der Waals surface area (Å²) < 4.78 is 0. The SMILES string of the molecule is CNC(=O)/C(C)=C(/O)C=O. The quantitative estimate of drug-likeness (QED) is 0.318. The molecule has 4 heteroatoms. The second-order valence-electron chi connectivity index (χ2n) is 1.71. The monoisotopic (exact) mass is 143 g/mol. The van der Waals surface area contributed by atoms with E-state index >= 15 is 0 Å². The molecule has 0 aromatic heterocycles. The van der Waals surface area contributed by atoms with E-state index in [1.165, 1.54) is 14.0 Å². The Morgan fingerprint density at radius 2 is 2.10 bits per heavy atom. The molecule has 0 bridgehead atoms. The zero-order chi connectivity index (χ0) is 8.15. The largest absolute Gasteiger partial charge is 0.504 e. The van der Waals surface area contributed by atoms with E-state index in [2.05, 4.69) is 5.32 Å². The molecule has 0 unspecified atom stereocenters. The van der Waals surface area contributed by atoms with Gasteiger partial charge in [-0.2, -0.15) is 0 Å². The van der Waals surface area contributed by atoms with Gasteiger partial charge < -0.3 is 10.4 Å². The maximum Gasteiger partial charge on any atom is 0.250 e. The van der Waals surface area contributed by atoms with Crippen LogP contribution in [0.15, 0.2) is 11.3 Å². The van der Waals surface area contributed by atoms with E-state index in [0.717, 1.165) is 0 Å². The Bertz CT molecular complexity index is 183. The zero-order valence-electron chi connectivity index (χ0n) is 5.84. The molecule has 4 nitrogen and oxygen atoms in total. The number of aldehydes is 1. The van der Waals surface area contributed by atoms with Crippen molar-refractivity contribution in [2.24, 2.45) is 0 Å². The molecule has 0 aliphatic rings. The molecular formula is C6H9NO3. The van der Waals surface area contributed by atoms with Crippen LogP contribution in [-0.4, -0.2) is 24.3 Å². The lowest BCUT2D eigenvalue weighted by Crippen LogP contribution is -2.20. The van der Waals surface area contributed by atoms with Gasteiger partial charge in [0.1, 0.15) is 0 Å². The molecule has 0 fully saturated rings. The molecule has 56 valence electrons. The minimum Gasteiger partial charge on any atom is -0.504 e. The van der Waals surface area contributed by atoms with Crippen LogP contribution in [0.5, 0.6) is 0 Å². The van der Waals surface area contributed by atoms with Crippen LogP contribution in [0.25, 0.3) is 0 Å². The van der Waals surface area contributed by atoms with Gasteiger partial charge in [0.15, 0.2) is 12.0 Å². The average Bonchev–Trinajstić information content (AvgIpc) is 2.00. The fraction of sp³-hybridized carbons (Fsp3) is 0.333. The van der Waals surface area contributed by atoms with E-state index in [4.69, 9.17) is 5.11 Å². The maximum absolute atomic E-state index is 10.6. The number of likely N-dealkylation sites (N-methyl/N-ethyl adjacent to an activating group) is 1. The van der Waals surface area contributed by atoms with Crippen molar-refractivity contribution < 1.29 is 14.7 Å². The first-order valence-electron chi connectivity index (χ1n) is 2.70. The van der Waals surface area contributed by atoms with Crippen molar-refractivity contribution >= 4 is 12.2 Å². The number of carbonyl (C=O) groups excluding carboxylic acids is 2. The summed E-state index contributed by atoms with van der Waals surface area (Å²) in [7, 11) is 1.42. The molecule has 0 saturated heterocycles. The lowest BCUT2D eigenvalue weighted by atomic mass is 10.2. The highest BCUT2D eigenvalue weighted by Gasteiger charge is 2.05. The van der Waals surface area contributed by atoms with Crippen molar-refractivity contribution in [2.45, 2.75) is 6.92 Å². The van der Waals surface area contributed by atoms with E-state index in [1.54, 1.807) is 0 Å². The van der Waals surface area contributed by atoms with E-state index in [1.807, 2.05) is 0 Å². The van der Waals surface area contributed by atoms with Crippen LogP contribution >= 0.6 is 0 Å². The first-order valence-corrected chi connectivity index (χ1v) is 2.70. The summed E-state index contributed by atoms with van der Waals surface area (Å²) in [6, 6.07) is 0. The lowest BCUT2D eigenvalue weighted by Gasteiger charge is -1.97. The number of hydrogen-bond acceptors (Lipinski definition) is 3. The van der Waals surface area contributed by atoms with Gasteiger partial charge in [0.2, 0.25) is 0 Å². The van der Waals surface area contributed by atoms with Crippen LogP contribution in [0, 0.1) is 0 Å². The minimum absolute atomic E-state index is 0.0255. The molecule has 0 atom stereocenters. The summed E-state index contributed by atoms with van der Waals surface area (Å²) in [6.45, 7) is 1.36. The van der Waals surface area contributed by atoms with Crippen molar-refractivity contribution in [3.05, 3.63) is 11.3 Å². The number of aliphatic hydroxyl groups is 1. The summed E-state index contributed by atoms with van der Waals surface area (Å²) in [4.78, 5) is 20.5. The molecule has 0 aromatic rings. The molecule has 0 saturated carbocycles. The molecule has 0 spiro atoms. The fourth-order valence-electron chi connectivity index (χ4n) is 0.392. The third kappa shape index (κ3) is 1.89. The molecule has 0 radical (unpaired) electrons. The summed E-state index contributed by atoms with van der Waals surface area (Å²) in [5.41, 5.74) is 0.0255. The van der Waals surface area contributed by atoms with Gasteiger partial charge >= 0.3 is 0 Å². The summed E-state index contributed by atoms with van der Waals surface area (Å²) in [5.74, 6) is -0.982. The number of rotatable bonds is 2. The van der Waals surface area contributed by atoms with Gasteiger partial charge in [-0.25, -0.2) is 0 Å². The Morgan fingerprint density at radius 1 is 1.60 bits per heavy atom.